The van der Waals surface area contributed by atoms with E-state index < -0.39 is 0 Å². The zero-order valence-corrected chi connectivity index (χ0v) is 16.1. The molecule has 4 rings (SSSR count). The lowest BCUT2D eigenvalue weighted by molar-refractivity contribution is 0.00578. The summed E-state index contributed by atoms with van der Waals surface area (Å²) in [6.07, 6.45) is 1.80. The Labute approximate surface area is 160 Å². The third kappa shape index (κ3) is 3.40. The van der Waals surface area contributed by atoms with Crippen molar-refractivity contribution in [1.82, 2.24) is 9.97 Å². The van der Waals surface area contributed by atoms with Crippen LogP contribution >= 0.6 is 0 Å². The van der Waals surface area contributed by atoms with E-state index in [-0.39, 0.29) is 18.3 Å². The maximum absolute atomic E-state index is 6.12. The van der Waals surface area contributed by atoms with Gasteiger partial charge < -0.3 is 9.31 Å². The Morgan fingerprint density at radius 1 is 0.741 bits per heavy atom. The molecule has 0 unspecified atom stereocenters. The topological polar surface area (TPSA) is 44.2 Å². The molecule has 0 saturated carbocycles. The molecule has 2 heterocycles. The van der Waals surface area contributed by atoms with Gasteiger partial charge in [0.05, 0.1) is 16.9 Å². The molecular formula is C22H23BN2O2. The van der Waals surface area contributed by atoms with E-state index in [4.69, 9.17) is 14.3 Å². The second-order valence-electron chi connectivity index (χ2n) is 7.84. The molecule has 2 aromatic carbocycles. The minimum Gasteiger partial charge on any atom is -0.399 e. The van der Waals surface area contributed by atoms with Crippen LogP contribution in [0.3, 0.4) is 0 Å². The van der Waals surface area contributed by atoms with Crippen LogP contribution < -0.4 is 5.46 Å². The van der Waals surface area contributed by atoms with Crippen molar-refractivity contribution < 1.29 is 9.31 Å². The SMILES string of the molecule is CC1(C)OB(c2ccc(-c3ccnc(-c4ccccc4)n3)cc2)OC1(C)C. The van der Waals surface area contributed by atoms with Gasteiger partial charge in [0.1, 0.15) is 0 Å². The average molecular weight is 358 g/mol. The van der Waals surface area contributed by atoms with Crippen molar-refractivity contribution in [3.05, 3.63) is 66.9 Å². The molecule has 136 valence electrons. The Hall–Kier alpha value is -2.50. The fourth-order valence-corrected chi connectivity index (χ4v) is 3.04. The van der Waals surface area contributed by atoms with Gasteiger partial charge in [0, 0.05) is 17.3 Å². The lowest BCUT2D eigenvalue weighted by atomic mass is 9.79. The molecule has 5 heteroatoms. The number of hydrogen-bond donors (Lipinski definition) is 0. The highest BCUT2D eigenvalue weighted by atomic mass is 16.7. The lowest BCUT2D eigenvalue weighted by Crippen LogP contribution is -2.41. The molecule has 0 N–H and O–H groups in total. The summed E-state index contributed by atoms with van der Waals surface area (Å²) in [6, 6.07) is 20.1. The first-order valence-corrected chi connectivity index (χ1v) is 9.20. The second kappa shape index (κ2) is 6.59. The third-order valence-corrected chi connectivity index (χ3v) is 5.42. The van der Waals surface area contributed by atoms with Crippen molar-refractivity contribution in [2.24, 2.45) is 0 Å². The Morgan fingerprint density at radius 2 is 1.37 bits per heavy atom. The van der Waals surface area contributed by atoms with Crippen LogP contribution in [0.15, 0.2) is 66.9 Å². The molecule has 0 aliphatic carbocycles. The van der Waals surface area contributed by atoms with Gasteiger partial charge in [-0.05, 0) is 39.2 Å². The molecule has 0 bridgehead atoms. The van der Waals surface area contributed by atoms with Crippen LogP contribution in [0.5, 0.6) is 0 Å². The molecule has 3 aromatic rings. The number of benzene rings is 2. The van der Waals surface area contributed by atoms with E-state index in [2.05, 4.69) is 44.8 Å². The minimum absolute atomic E-state index is 0.340. The highest BCUT2D eigenvalue weighted by molar-refractivity contribution is 6.62. The Kier molecular flexibility index (Phi) is 4.37. The average Bonchev–Trinajstić information content (AvgIpc) is 2.90. The first-order valence-electron chi connectivity index (χ1n) is 9.20. The van der Waals surface area contributed by atoms with Crippen LogP contribution in [0, 0.1) is 0 Å². The molecule has 1 aromatic heterocycles. The molecule has 1 fully saturated rings. The van der Waals surface area contributed by atoms with E-state index >= 15 is 0 Å². The second-order valence-corrected chi connectivity index (χ2v) is 7.84. The third-order valence-electron chi connectivity index (χ3n) is 5.42. The summed E-state index contributed by atoms with van der Waals surface area (Å²) in [5.41, 5.74) is 3.27. The maximum Gasteiger partial charge on any atom is 0.494 e. The van der Waals surface area contributed by atoms with Crippen LogP contribution in [0.1, 0.15) is 27.7 Å². The van der Waals surface area contributed by atoms with Crippen molar-refractivity contribution in [2.75, 3.05) is 0 Å². The van der Waals surface area contributed by atoms with Crippen LogP contribution in [-0.2, 0) is 9.31 Å². The van der Waals surface area contributed by atoms with Gasteiger partial charge in [-0.25, -0.2) is 9.97 Å². The van der Waals surface area contributed by atoms with Gasteiger partial charge in [0.15, 0.2) is 5.82 Å². The fraction of sp³-hybridized carbons (Fsp3) is 0.273. The number of rotatable bonds is 3. The Morgan fingerprint density at radius 3 is 2.00 bits per heavy atom. The van der Waals surface area contributed by atoms with Crippen molar-refractivity contribution in [3.63, 3.8) is 0 Å². The van der Waals surface area contributed by atoms with E-state index in [0.29, 0.717) is 0 Å². The minimum atomic E-state index is -0.352. The first-order chi connectivity index (χ1) is 12.9. The normalized spacial score (nSPS) is 17.9. The van der Waals surface area contributed by atoms with E-state index in [1.807, 2.05) is 48.5 Å². The maximum atomic E-state index is 6.12. The van der Waals surface area contributed by atoms with E-state index in [1.165, 1.54) is 0 Å². The van der Waals surface area contributed by atoms with Crippen molar-refractivity contribution in [1.29, 1.82) is 0 Å². The van der Waals surface area contributed by atoms with Crippen molar-refractivity contribution in [3.8, 4) is 22.6 Å². The fourth-order valence-electron chi connectivity index (χ4n) is 3.04. The number of nitrogens with zero attached hydrogens (tertiary/aromatic N) is 2. The molecular weight excluding hydrogens is 335 g/mol. The van der Waals surface area contributed by atoms with Crippen molar-refractivity contribution in [2.45, 2.75) is 38.9 Å². The van der Waals surface area contributed by atoms with E-state index in [9.17, 15) is 0 Å². The van der Waals surface area contributed by atoms with Crippen LogP contribution in [0.25, 0.3) is 22.6 Å². The van der Waals surface area contributed by atoms with Crippen molar-refractivity contribution >= 4 is 12.6 Å². The van der Waals surface area contributed by atoms with E-state index in [1.54, 1.807) is 6.20 Å². The molecule has 1 saturated heterocycles. The molecule has 0 spiro atoms. The number of hydrogen-bond acceptors (Lipinski definition) is 4. The highest BCUT2D eigenvalue weighted by Gasteiger charge is 2.51. The van der Waals surface area contributed by atoms with E-state index in [0.717, 1.165) is 28.1 Å². The van der Waals surface area contributed by atoms with Crippen LogP contribution in [0.2, 0.25) is 0 Å². The highest BCUT2D eigenvalue weighted by Crippen LogP contribution is 2.36. The zero-order chi connectivity index (χ0) is 19.1. The predicted octanol–water partition coefficient (Wildman–Crippen LogP) is 4.11. The van der Waals surface area contributed by atoms with Gasteiger partial charge in [0.25, 0.3) is 0 Å². The largest absolute Gasteiger partial charge is 0.494 e. The van der Waals surface area contributed by atoms with Crippen LogP contribution in [-0.4, -0.2) is 28.3 Å². The summed E-state index contributed by atoms with van der Waals surface area (Å²) in [5, 5.41) is 0. The summed E-state index contributed by atoms with van der Waals surface area (Å²) >= 11 is 0. The van der Waals surface area contributed by atoms with Gasteiger partial charge in [-0.2, -0.15) is 0 Å². The quantitative estimate of drug-likeness (QED) is 0.661. The molecule has 1 aliphatic heterocycles. The molecule has 4 nitrogen and oxygen atoms in total. The summed E-state index contributed by atoms with van der Waals surface area (Å²) in [7, 11) is -0.352. The number of aromatic nitrogens is 2. The standard InChI is InChI=1S/C22H23BN2O2/c1-21(2)22(3,4)27-23(26-21)18-12-10-16(11-13-18)19-14-15-24-20(25-19)17-8-6-5-7-9-17/h5-15H,1-4H3. The molecule has 27 heavy (non-hydrogen) atoms. The molecule has 0 atom stereocenters. The van der Waals surface area contributed by atoms with Gasteiger partial charge in [-0.1, -0.05) is 54.6 Å². The summed E-state index contributed by atoms with van der Waals surface area (Å²) in [4.78, 5) is 9.11. The summed E-state index contributed by atoms with van der Waals surface area (Å²) in [6.45, 7) is 8.25. The van der Waals surface area contributed by atoms with Gasteiger partial charge in [-0.15, -0.1) is 0 Å². The molecule has 0 radical (unpaired) electrons. The van der Waals surface area contributed by atoms with Gasteiger partial charge in [-0.3, -0.25) is 0 Å². The van der Waals surface area contributed by atoms with Crippen LogP contribution in [0.4, 0.5) is 0 Å². The smallest absolute Gasteiger partial charge is 0.399 e. The monoisotopic (exact) mass is 358 g/mol. The van der Waals surface area contributed by atoms with Gasteiger partial charge >= 0.3 is 7.12 Å². The molecule has 0 amide bonds. The summed E-state index contributed by atoms with van der Waals surface area (Å²) in [5.74, 6) is 0.725. The van der Waals surface area contributed by atoms with Gasteiger partial charge in [0.2, 0.25) is 0 Å². The zero-order valence-electron chi connectivity index (χ0n) is 16.1. The molecule has 1 aliphatic rings. The summed E-state index contributed by atoms with van der Waals surface area (Å²) < 4.78 is 12.2. The lowest BCUT2D eigenvalue weighted by Gasteiger charge is -2.32. The Balaban J connectivity index is 1.59. The first kappa shape index (κ1) is 17.9. The predicted molar refractivity (Wildman–Crippen MR) is 109 cm³/mol. The Bertz CT molecular complexity index is 924.